The molecule has 0 aromatic rings. The van der Waals surface area contributed by atoms with E-state index in [-0.39, 0.29) is 6.23 Å². The van der Waals surface area contributed by atoms with Crippen molar-refractivity contribution in [2.24, 2.45) is 9.98 Å². The molecule has 3 heteroatoms. The number of nitrogens with zero attached hydrogens (tertiary/aromatic N) is 2. The molecule has 0 bridgehead atoms. The van der Waals surface area contributed by atoms with E-state index in [9.17, 15) is 0 Å². The Balaban J connectivity index is 2.40. The lowest BCUT2D eigenvalue weighted by Crippen LogP contribution is -2.10. The maximum absolute atomic E-state index is 4.90. The van der Waals surface area contributed by atoms with E-state index < -0.39 is 0 Å². The average molecular weight is 112 g/mol. The number of aliphatic imine (C=N–C) groups is 2. The van der Waals surface area contributed by atoms with Crippen LogP contribution >= 0.6 is 0 Å². The molecule has 1 atom stereocenters. The van der Waals surface area contributed by atoms with Crippen molar-refractivity contribution in [2.75, 3.05) is 7.11 Å². The molecule has 0 aromatic carbocycles. The number of hydrogen-bond donors (Lipinski definition) is 0. The summed E-state index contributed by atoms with van der Waals surface area (Å²) in [5.41, 5.74) is 0. The highest BCUT2D eigenvalue weighted by molar-refractivity contribution is 5.74. The van der Waals surface area contributed by atoms with Crippen LogP contribution in [0.25, 0.3) is 0 Å². The van der Waals surface area contributed by atoms with E-state index in [4.69, 9.17) is 4.74 Å². The zero-order chi connectivity index (χ0) is 5.82. The Morgan fingerprint density at radius 2 is 2.62 bits per heavy atom. The van der Waals surface area contributed by atoms with Gasteiger partial charge in [-0.2, -0.15) is 0 Å². The fraction of sp³-hybridized carbons (Fsp3) is 0.600. The van der Waals surface area contributed by atoms with Crippen molar-refractivity contribution in [3.8, 4) is 0 Å². The number of ether oxygens (including phenoxy) is 1. The summed E-state index contributed by atoms with van der Waals surface area (Å²) in [6, 6.07) is 0. The monoisotopic (exact) mass is 112 g/mol. The van der Waals surface area contributed by atoms with Gasteiger partial charge in [0.15, 0.2) is 6.23 Å². The first-order chi connectivity index (χ1) is 3.93. The van der Waals surface area contributed by atoms with Gasteiger partial charge in [-0.1, -0.05) is 0 Å². The van der Waals surface area contributed by atoms with Crippen LogP contribution in [0.4, 0.5) is 0 Å². The van der Waals surface area contributed by atoms with Crippen LogP contribution in [0.3, 0.4) is 0 Å². The van der Waals surface area contributed by atoms with E-state index >= 15 is 0 Å². The summed E-state index contributed by atoms with van der Waals surface area (Å²) < 4.78 is 4.90. The van der Waals surface area contributed by atoms with Gasteiger partial charge in [0.2, 0.25) is 0 Å². The number of methoxy groups -OCH3 is 1. The van der Waals surface area contributed by atoms with Crippen LogP contribution in [0.2, 0.25) is 0 Å². The molecule has 0 aliphatic carbocycles. The number of rotatable bonds is 1. The van der Waals surface area contributed by atoms with Gasteiger partial charge in [-0.15, -0.1) is 0 Å². The normalized spacial score (nSPS) is 26.4. The van der Waals surface area contributed by atoms with E-state index in [1.54, 1.807) is 13.3 Å². The van der Waals surface area contributed by atoms with Gasteiger partial charge < -0.3 is 4.74 Å². The second-order valence-corrected chi connectivity index (χ2v) is 1.52. The largest absolute Gasteiger partial charge is 0.359 e. The molecule has 0 saturated carbocycles. The van der Waals surface area contributed by atoms with E-state index in [1.807, 2.05) is 0 Å². The van der Waals surface area contributed by atoms with Crippen molar-refractivity contribution in [1.29, 1.82) is 0 Å². The van der Waals surface area contributed by atoms with Crippen LogP contribution in [0, 0.1) is 0 Å². The molecule has 0 amide bonds. The summed E-state index contributed by atoms with van der Waals surface area (Å²) in [5.74, 6) is 0. The summed E-state index contributed by atoms with van der Waals surface area (Å²) in [5, 5.41) is 0. The standard InChI is InChI=1S/C5H8N2O/c1-8-5-2-3-6-4-7-5/h3-5H,2H2,1H3. The first kappa shape index (κ1) is 5.44. The van der Waals surface area contributed by atoms with Crippen LogP contribution in [0.15, 0.2) is 9.98 Å². The van der Waals surface area contributed by atoms with Crippen molar-refractivity contribution >= 4 is 12.6 Å². The Kier molecular flexibility index (Phi) is 1.75. The molecule has 8 heavy (non-hydrogen) atoms. The Labute approximate surface area is 48.1 Å². The van der Waals surface area contributed by atoms with Gasteiger partial charge in [0.05, 0.1) is 0 Å². The topological polar surface area (TPSA) is 34.0 Å². The third-order valence-electron chi connectivity index (χ3n) is 0.984. The summed E-state index contributed by atoms with van der Waals surface area (Å²) >= 11 is 0. The van der Waals surface area contributed by atoms with Gasteiger partial charge in [0, 0.05) is 19.7 Å². The lowest BCUT2D eigenvalue weighted by molar-refractivity contribution is 0.117. The predicted octanol–water partition coefficient (Wildman–Crippen LogP) is 0.462. The van der Waals surface area contributed by atoms with Crippen molar-refractivity contribution in [1.82, 2.24) is 0 Å². The maximum Gasteiger partial charge on any atom is 0.154 e. The quantitative estimate of drug-likeness (QED) is 0.485. The van der Waals surface area contributed by atoms with Crippen LogP contribution in [-0.2, 0) is 4.74 Å². The SMILES string of the molecule is COC1CC=NC=N1. The van der Waals surface area contributed by atoms with Gasteiger partial charge >= 0.3 is 0 Å². The summed E-state index contributed by atoms with van der Waals surface area (Å²) in [6.07, 6.45) is 4.11. The zero-order valence-electron chi connectivity index (χ0n) is 4.74. The Hall–Kier alpha value is -0.700. The van der Waals surface area contributed by atoms with E-state index in [1.165, 1.54) is 6.34 Å². The summed E-state index contributed by atoms with van der Waals surface area (Å²) in [6.45, 7) is 0. The molecule has 0 saturated heterocycles. The minimum Gasteiger partial charge on any atom is -0.359 e. The van der Waals surface area contributed by atoms with Crippen molar-refractivity contribution < 1.29 is 4.74 Å². The molecule has 3 nitrogen and oxygen atoms in total. The molecule has 1 unspecified atom stereocenters. The van der Waals surface area contributed by atoms with Crippen LogP contribution in [-0.4, -0.2) is 25.9 Å². The van der Waals surface area contributed by atoms with Gasteiger partial charge in [-0.25, -0.2) is 9.98 Å². The molecule has 0 spiro atoms. The lowest BCUT2D eigenvalue weighted by atomic mass is 10.4. The molecule has 0 fully saturated rings. The smallest absolute Gasteiger partial charge is 0.154 e. The highest BCUT2D eigenvalue weighted by Gasteiger charge is 2.01. The zero-order valence-corrected chi connectivity index (χ0v) is 4.74. The molecule has 1 heterocycles. The molecular formula is C5H8N2O. The molecule has 1 aliphatic rings. The van der Waals surface area contributed by atoms with Crippen molar-refractivity contribution in [3.63, 3.8) is 0 Å². The average Bonchev–Trinajstić information content (AvgIpc) is 1.90. The minimum atomic E-state index is 0.00694. The molecule has 0 aromatic heterocycles. The fourth-order valence-corrected chi connectivity index (χ4v) is 0.529. The van der Waals surface area contributed by atoms with Crippen LogP contribution in [0.5, 0.6) is 0 Å². The lowest BCUT2D eigenvalue weighted by Gasteiger charge is -2.07. The summed E-state index contributed by atoms with van der Waals surface area (Å²) in [7, 11) is 1.64. The number of hydrogen-bond acceptors (Lipinski definition) is 3. The molecule has 0 N–H and O–H groups in total. The molecule has 0 radical (unpaired) electrons. The Bertz CT molecular complexity index is 120. The summed E-state index contributed by atoms with van der Waals surface area (Å²) in [4.78, 5) is 7.68. The van der Waals surface area contributed by atoms with E-state index in [0.717, 1.165) is 6.42 Å². The van der Waals surface area contributed by atoms with Crippen molar-refractivity contribution in [3.05, 3.63) is 0 Å². The van der Waals surface area contributed by atoms with Crippen molar-refractivity contribution in [2.45, 2.75) is 12.6 Å². The first-order valence-electron chi connectivity index (χ1n) is 2.49. The Morgan fingerprint density at radius 1 is 1.75 bits per heavy atom. The van der Waals surface area contributed by atoms with Gasteiger partial charge in [0.1, 0.15) is 6.34 Å². The molecule has 1 rings (SSSR count). The van der Waals surface area contributed by atoms with E-state index in [2.05, 4.69) is 9.98 Å². The highest BCUT2D eigenvalue weighted by atomic mass is 16.5. The molecule has 44 valence electrons. The third-order valence-corrected chi connectivity index (χ3v) is 0.984. The van der Waals surface area contributed by atoms with Gasteiger partial charge in [-0.3, -0.25) is 0 Å². The Morgan fingerprint density at radius 3 is 3.00 bits per heavy atom. The van der Waals surface area contributed by atoms with Crippen LogP contribution in [0.1, 0.15) is 6.42 Å². The fourth-order valence-electron chi connectivity index (χ4n) is 0.529. The van der Waals surface area contributed by atoms with E-state index in [0.29, 0.717) is 0 Å². The van der Waals surface area contributed by atoms with Gasteiger partial charge in [0.25, 0.3) is 0 Å². The first-order valence-corrected chi connectivity index (χ1v) is 2.49. The highest BCUT2D eigenvalue weighted by Crippen LogP contribution is 1.98. The molecule has 1 aliphatic heterocycles. The predicted molar refractivity (Wildman–Crippen MR) is 32.4 cm³/mol. The minimum absolute atomic E-state index is 0.00694. The second-order valence-electron chi connectivity index (χ2n) is 1.52. The van der Waals surface area contributed by atoms with Crippen LogP contribution < -0.4 is 0 Å². The van der Waals surface area contributed by atoms with Gasteiger partial charge in [-0.05, 0) is 0 Å². The maximum atomic E-state index is 4.90. The molecular weight excluding hydrogens is 104 g/mol. The third kappa shape index (κ3) is 1.13. The second kappa shape index (κ2) is 2.57.